The van der Waals surface area contributed by atoms with E-state index in [0.717, 1.165) is 5.69 Å². The van der Waals surface area contributed by atoms with Crippen LogP contribution in [0.25, 0.3) is 0 Å². The number of rotatable bonds is 2. The maximum atomic E-state index is 5.50. The highest BCUT2D eigenvalue weighted by atomic mass is 35.5. The molecule has 1 aromatic rings. The first-order chi connectivity index (χ1) is 4.84. The second-order valence-electron chi connectivity index (χ2n) is 2.13. The van der Waals surface area contributed by atoms with Crippen LogP contribution in [0.4, 0.5) is 5.69 Å². The van der Waals surface area contributed by atoms with Crippen molar-refractivity contribution in [2.75, 3.05) is 11.3 Å². The molecule has 10 heavy (non-hydrogen) atoms. The highest BCUT2D eigenvalue weighted by Gasteiger charge is 1.91. The minimum Gasteiger partial charge on any atom is -0.371 e. The monoisotopic (exact) mass is 155 g/mol. The van der Waals surface area contributed by atoms with Crippen LogP contribution >= 0.6 is 11.6 Å². The number of aryl methyl sites for hydroxylation is 1. The Bertz CT molecular complexity index is 210. The van der Waals surface area contributed by atoms with E-state index in [0.29, 0.717) is 6.00 Å². The molecule has 0 aliphatic heterocycles. The molecule has 0 aliphatic carbocycles. The first kappa shape index (κ1) is 7.42. The lowest BCUT2D eigenvalue weighted by molar-refractivity contribution is 1.38. The summed E-state index contributed by atoms with van der Waals surface area (Å²) in [5, 5.41) is 3.04. The van der Waals surface area contributed by atoms with Gasteiger partial charge in [-0.25, -0.2) is 0 Å². The SMILES string of the molecule is Cc1ccccc1NCCl. The highest BCUT2D eigenvalue weighted by Crippen LogP contribution is 2.12. The molecule has 2 heteroatoms. The van der Waals surface area contributed by atoms with Crippen molar-refractivity contribution in [2.45, 2.75) is 6.92 Å². The Kier molecular flexibility index (Phi) is 2.57. The van der Waals surface area contributed by atoms with E-state index in [1.807, 2.05) is 18.2 Å². The lowest BCUT2D eigenvalue weighted by Gasteiger charge is -2.03. The minimum atomic E-state index is 0.463. The van der Waals surface area contributed by atoms with Gasteiger partial charge < -0.3 is 5.32 Å². The summed E-state index contributed by atoms with van der Waals surface area (Å²) in [6.45, 7) is 2.05. The smallest absolute Gasteiger partial charge is 0.0901 e. The van der Waals surface area contributed by atoms with Crippen molar-refractivity contribution in [3.05, 3.63) is 29.8 Å². The Balaban J connectivity index is 2.81. The predicted molar refractivity (Wildman–Crippen MR) is 45.5 cm³/mol. The maximum absolute atomic E-state index is 5.50. The van der Waals surface area contributed by atoms with Gasteiger partial charge in [-0.05, 0) is 18.6 Å². The van der Waals surface area contributed by atoms with E-state index < -0.39 is 0 Å². The molecule has 0 saturated heterocycles. The van der Waals surface area contributed by atoms with E-state index >= 15 is 0 Å². The van der Waals surface area contributed by atoms with Crippen LogP contribution in [0.2, 0.25) is 0 Å². The first-order valence-electron chi connectivity index (χ1n) is 3.20. The van der Waals surface area contributed by atoms with Crippen molar-refractivity contribution < 1.29 is 0 Å². The van der Waals surface area contributed by atoms with E-state index in [1.54, 1.807) is 0 Å². The Morgan fingerprint density at radius 1 is 1.40 bits per heavy atom. The average molecular weight is 156 g/mol. The van der Waals surface area contributed by atoms with Gasteiger partial charge in [-0.3, -0.25) is 0 Å². The van der Waals surface area contributed by atoms with Gasteiger partial charge in [0.05, 0.1) is 6.00 Å². The van der Waals surface area contributed by atoms with Crippen molar-refractivity contribution in [1.29, 1.82) is 0 Å². The van der Waals surface area contributed by atoms with E-state index in [1.165, 1.54) is 5.56 Å². The maximum Gasteiger partial charge on any atom is 0.0901 e. The standard InChI is InChI=1S/C8H10ClN/c1-7-4-2-3-5-8(7)10-6-9/h2-5,10H,6H2,1H3. The summed E-state index contributed by atoms with van der Waals surface area (Å²) in [6.07, 6.45) is 0. The summed E-state index contributed by atoms with van der Waals surface area (Å²) in [6, 6.07) is 8.52. The Morgan fingerprint density at radius 2 is 2.10 bits per heavy atom. The largest absolute Gasteiger partial charge is 0.371 e. The first-order valence-corrected chi connectivity index (χ1v) is 3.73. The Hall–Kier alpha value is -0.690. The van der Waals surface area contributed by atoms with E-state index in [4.69, 9.17) is 11.6 Å². The molecule has 0 heterocycles. The van der Waals surface area contributed by atoms with Crippen LogP contribution in [0.3, 0.4) is 0 Å². The molecule has 0 bridgehead atoms. The number of benzene rings is 1. The molecule has 0 radical (unpaired) electrons. The molecule has 0 atom stereocenters. The van der Waals surface area contributed by atoms with Gasteiger partial charge in [-0.1, -0.05) is 18.2 Å². The van der Waals surface area contributed by atoms with Crippen molar-refractivity contribution in [3.63, 3.8) is 0 Å². The lowest BCUT2D eigenvalue weighted by atomic mass is 10.2. The van der Waals surface area contributed by atoms with Crippen molar-refractivity contribution in [3.8, 4) is 0 Å². The molecule has 0 aliphatic rings. The van der Waals surface area contributed by atoms with Gasteiger partial charge in [-0.2, -0.15) is 0 Å². The van der Waals surface area contributed by atoms with Crippen molar-refractivity contribution in [2.24, 2.45) is 0 Å². The number of para-hydroxylation sites is 1. The summed E-state index contributed by atoms with van der Waals surface area (Å²) in [4.78, 5) is 0. The van der Waals surface area contributed by atoms with Crippen LogP contribution in [0.5, 0.6) is 0 Å². The quantitative estimate of drug-likeness (QED) is 0.512. The molecule has 1 rings (SSSR count). The third-order valence-electron chi connectivity index (χ3n) is 1.40. The zero-order valence-electron chi connectivity index (χ0n) is 5.89. The van der Waals surface area contributed by atoms with Crippen molar-refractivity contribution in [1.82, 2.24) is 0 Å². The summed E-state index contributed by atoms with van der Waals surface area (Å²) >= 11 is 5.50. The van der Waals surface area contributed by atoms with E-state index in [-0.39, 0.29) is 0 Å². The van der Waals surface area contributed by atoms with Crippen molar-refractivity contribution >= 4 is 17.3 Å². The molecule has 0 spiro atoms. The van der Waals surface area contributed by atoms with E-state index in [9.17, 15) is 0 Å². The van der Waals surface area contributed by atoms with Gasteiger partial charge in [0.25, 0.3) is 0 Å². The van der Waals surface area contributed by atoms with Gasteiger partial charge >= 0.3 is 0 Å². The van der Waals surface area contributed by atoms with Crippen LogP contribution in [0.1, 0.15) is 5.56 Å². The second-order valence-corrected chi connectivity index (χ2v) is 2.39. The Labute approximate surface area is 66.0 Å². The number of anilines is 1. The zero-order chi connectivity index (χ0) is 7.40. The number of halogens is 1. The molecule has 0 amide bonds. The van der Waals surface area contributed by atoms with Crippen LogP contribution in [0, 0.1) is 6.92 Å². The van der Waals surface area contributed by atoms with Gasteiger partial charge in [0.1, 0.15) is 0 Å². The Morgan fingerprint density at radius 3 is 2.70 bits per heavy atom. The molecule has 0 fully saturated rings. The topological polar surface area (TPSA) is 12.0 Å². The fraction of sp³-hybridized carbons (Fsp3) is 0.250. The van der Waals surface area contributed by atoms with Crippen LogP contribution in [-0.4, -0.2) is 6.00 Å². The van der Waals surface area contributed by atoms with E-state index in [2.05, 4.69) is 18.3 Å². The summed E-state index contributed by atoms with van der Waals surface area (Å²) in [5.41, 5.74) is 2.33. The summed E-state index contributed by atoms with van der Waals surface area (Å²) in [5.74, 6) is 0. The molecule has 1 N–H and O–H groups in total. The highest BCUT2D eigenvalue weighted by molar-refractivity contribution is 6.18. The minimum absolute atomic E-state index is 0.463. The number of alkyl halides is 1. The molecule has 0 saturated carbocycles. The van der Waals surface area contributed by atoms with Gasteiger partial charge in [-0.15, -0.1) is 11.6 Å². The second kappa shape index (κ2) is 3.47. The third kappa shape index (κ3) is 1.64. The normalized spacial score (nSPS) is 9.40. The fourth-order valence-corrected chi connectivity index (χ4v) is 0.987. The van der Waals surface area contributed by atoms with Gasteiger partial charge in [0.15, 0.2) is 0 Å². The molecular formula is C8H10ClN. The predicted octanol–water partition coefficient (Wildman–Crippen LogP) is 2.60. The lowest BCUT2D eigenvalue weighted by Crippen LogP contribution is -1.95. The fourth-order valence-electron chi connectivity index (χ4n) is 0.843. The number of nitrogens with one attached hydrogen (secondary N) is 1. The van der Waals surface area contributed by atoms with Crippen LogP contribution < -0.4 is 5.32 Å². The number of hydrogen-bond donors (Lipinski definition) is 1. The zero-order valence-corrected chi connectivity index (χ0v) is 6.65. The van der Waals surface area contributed by atoms with Crippen LogP contribution in [0.15, 0.2) is 24.3 Å². The van der Waals surface area contributed by atoms with Gasteiger partial charge in [0.2, 0.25) is 0 Å². The molecular weight excluding hydrogens is 146 g/mol. The molecule has 0 unspecified atom stereocenters. The third-order valence-corrected chi connectivity index (χ3v) is 1.54. The summed E-state index contributed by atoms with van der Waals surface area (Å²) in [7, 11) is 0. The average Bonchev–Trinajstić information content (AvgIpc) is 1.94. The number of hydrogen-bond acceptors (Lipinski definition) is 1. The van der Waals surface area contributed by atoms with Crippen LogP contribution in [-0.2, 0) is 0 Å². The summed E-state index contributed by atoms with van der Waals surface area (Å²) < 4.78 is 0. The molecule has 0 aromatic heterocycles. The molecule has 54 valence electrons. The van der Waals surface area contributed by atoms with Gasteiger partial charge in [0, 0.05) is 5.69 Å². The molecule has 1 aromatic carbocycles. The molecule has 1 nitrogen and oxygen atoms in total.